The minimum Gasteiger partial charge on any atom is -0.357 e. The molecule has 7 rings (SSSR count). The molecule has 3 aromatic carbocycles. The van der Waals surface area contributed by atoms with Gasteiger partial charge in [-0.05, 0) is 84.5 Å². The first-order valence-corrected chi connectivity index (χ1v) is 17.2. The maximum atomic E-state index is 14.3. The highest BCUT2D eigenvalue weighted by Crippen LogP contribution is 2.46. The number of nitrogens with zero attached hydrogens (tertiary/aromatic N) is 3. The average Bonchev–Trinajstić information content (AvgIpc) is 3.21. The van der Waals surface area contributed by atoms with Gasteiger partial charge in [-0.15, -0.1) is 0 Å². The third-order valence-electron chi connectivity index (χ3n) is 10.5. The molecule has 2 aliphatic carbocycles. The SMILES string of the molecule is CC1(C)CC(=O)C2=C(C1)Nc1ccccc1N(CC(=O)N1CCN(C(c3ccc(F)cc3)c3ccc(F)cc3)CC1)C2C1CC=CCC1. The molecule has 0 saturated carbocycles. The topological polar surface area (TPSA) is 55.9 Å². The summed E-state index contributed by atoms with van der Waals surface area (Å²) in [5, 5.41) is 3.68. The number of allylic oxidation sites excluding steroid dienone is 3. The number of carbonyl (C=O) groups is 2. The minimum atomic E-state index is -0.304. The van der Waals surface area contributed by atoms with Gasteiger partial charge in [0.05, 0.1) is 30.0 Å². The second-order valence-electron chi connectivity index (χ2n) is 14.5. The first kappa shape index (κ1) is 32.3. The highest BCUT2D eigenvalue weighted by Gasteiger charge is 2.44. The van der Waals surface area contributed by atoms with Gasteiger partial charge in [0.2, 0.25) is 5.91 Å². The summed E-state index contributed by atoms with van der Waals surface area (Å²) in [6.45, 7) is 6.78. The summed E-state index contributed by atoms with van der Waals surface area (Å²) in [6, 6.07) is 20.7. The number of hydrogen-bond donors (Lipinski definition) is 1. The van der Waals surface area contributed by atoms with Crippen LogP contribution in [-0.2, 0) is 9.59 Å². The number of hydrogen-bond acceptors (Lipinski definition) is 5. The van der Waals surface area contributed by atoms with Gasteiger partial charge < -0.3 is 15.1 Å². The Hall–Kier alpha value is -4.30. The fraction of sp³-hybridized carbons (Fsp3) is 0.400. The lowest BCUT2D eigenvalue weighted by Gasteiger charge is -2.43. The van der Waals surface area contributed by atoms with E-state index in [0.29, 0.717) is 32.6 Å². The normalized spacial score (nSPS) is 22.6. The van der Waals surface area contributed by atoms with Gasteiger partial charge in [-0.25, -0.2) is 8.78 Å². The summed E-state index contributed by atoms with van der Waals surface area (Å²) in [5.74, 6) is -0.175. The molecular weight excluding hydrogens is 606 g/mol. The van der Waals surface area contributed by atoms with Crippen molar-refractivity contribution in [1.82, 2.24) is 9.80 Å². The van der Waals surface area contributed by atoms with Crippen molar-refractivity contribution in [3.8, 4) is 0 Å². The standard InChI is InChI=1S/C40H44F2N4O2/c1-40(2)24-33-37(35(47)25-40)39(27-8-4-3-5-9-27)46(34-11-7-6-10-32(34)43-33)26-36(48)44-20-22-45(23-21-44)38(28-12-16-30(41)17-13-28)29-14-18-31(42)19-15-29/h3-4,6-7,10-19,27,38-39,43H,5,8-9,20-26H2,1-2H3. The second-order valence-corrected chi connectivity index (χ2v) is 14.5. The van der Waals surface area contributed by atoms with Gasteiger partial charge in [0.1, 0.15) is 11.6 Å². The number of ketones is 1. The van der Waals surface area contributed by atoms with Crippen LogP contribution in [0.2, 0.25) is 0 Å². The Labute approximate surface area is 282 Å². The summed E-state index contributed by atoms with van der Waals surface area (Å²) in [6.07, 6.45) is 8.54. The molecular formula is C40H44F2N4O2. The van der Waals surface area contributed by atoms with Crippen LogP contribution in [0.4, 0.5) is 20.2 Å². The predicted molar refractivity (Wildman–Crippen MR) is 186 cm³/mol. The van der Waals surface area contributed by atoms with Gasteiger partial charge in [-0.1, -0.05) is 62.4 Å². The Morgan fingerprint density at radius 1 is 0.875 bits per heavy atom. The van der Waals surface area contributed by atoms with Gasteiger partial charge in [0.25, 0.3) is 0 Å². The molecule has 0 bridgehead atoms. The largest absolute Gasteiger partial charge is 0.357 e. The first-order chi connectivity index (χ1) is 23.2. The smallest absolute Gasteiger partial charge is 0.242 e. The second kappa shape index (κ2) is 13.3. The van der Waals surface area contributed by atoms with Crippen molar-refractivity contribution in [1.29, 1.82) is 0 Å². The predicted octanol–water partition coefficient (Wildman–Crippen LogP) is 7.50. The van der Waals surface area contributed by atoms with Crippen LogP contribution in [0.1, 0.15) is 63.1 Å². The molecule has 2 aliphatic heterocycles. The van der Waals surface area contributed by atoms with Gasteiger partial charge in [-0.2, -0.15) is 0 Å². The van der Waals surface area contributed by atoms with Crippen molar-refractivity contribution in [3.63, 3.8) is 0 Å². The lowest BCUT2D eigenvalue weighted by molar-refractivity contribution is -0.132. The maximum Gasteiger partial charge on any atom is 0.242 e. The molecule has 4 aliphatic rings. The Kier molecular flexibility index (Phi) is 8.94. The van der Waals surface area contributed by atoms with Crippen molar-refractivity contribution in [2.24, 2.45) is 11.3 Å². The van der Waals surface area contributed by atoms with Crippen molar-refractivity contribution < 1.29 is 18.4 Å². The monoisotopic (exact) mass is 650 g/mol. The minimum absolute atomic E-state index is 0.0357. The fourth-order valence-corrected chi connectivity index (χ4v) is 8.24. The van der Waals surface area contributed by atoms with E-state index in [1.54, 1.807) is 24.3 Å². The Morgan fingerprint density at radius 2 is 1.52 bits per heavy atom. The molecule has 2 unspecified atom stereocenters. The van der Waals surface area contributed by atoms with Crippen molar-refractivity contribution in [2.75, 3.05) is 42.9 Å². The number of nitrogens with one attached hydrogen (secondary N) is 1. The van der Waals surface area contributed by atoms with E-state index in [1.807, 2.05) is 17.0 Å². The molecule has 6 nitrogen and oxygen atoms in total. The first-order valence-electron chi connectivity index (χ1n) is 17.2. The third-order valence-corrected chi connectivity index (χ3v) is 10.5. The van der Waals surface area contributed by atoms with Crippen LogP contribution in [0, 0.1) is 23.0 Å². The molecule has 0 aromatic heterocycles. The molecule has 1 N–H and O–H groups in total. The van der Waals surface area contributed by atoms with E-state index in [-0.39, 0.29) is 53.3 Å². The van der Waals surface area contributed by atoms with Crippen LogP contribution in [0.25, 0.3) is 0 Å². The van der Waals surface area contributed by atoms with E-state index in [9.17, 15) is 18.4 Å². The van der Waals surface area contributed by atoms with E-state index in [4.69, 9.17) is 0 Å². The number of amides is 1. The number of halogens is 2. The van der Waals surface area contributed by atoms with Crippen molar-refractivity contribution >= 4 is 23.1 Å². The van der Waals surface area contributed by atoms with E-state index in [0.717, 1.165) is 59.5 Å². The number of para-hydroxylation sites is 2. The van der Waals surface area contributed by atoms with Gasteiger partial charge in [-0.3, -0.25) is 14.5 Å². The van der Waals surface area contributed by atoms with Crippen LogP contribution in [-0.4, -0.2) is 60.3 Å². The summed E-state index contributed by atoms with van der Waals surface area (Å²) in [7, 11) is 0. The quantitative estimate of drug-likeness (QED) is 0.280. The van der Waals surface area contributed by atoms with Crippen molar-refractivity contribution in [2.45, 2.75) is 58.0 Å². The number of fused-ring (bicyclic) bond motifs is 1. The fourth-order valence-electron chi connectivity index (χ4n) is 8.24. The highest BCUT2D eigenvalue weighted by molar-refractivity contribution is 6.01. The van der Waals surface area contributed by atoms with Gasteiger partial charge >= 0.3 is 0 Å². The molecule has 2 atom stereocenters. The zero-order chi connectivity index (χ0) is 33.4. The summed E-state index contributed by atoms with van der Waals surface area (Å²) < 4.78 is 27.7. The molecule has 1 amide bonds. The van der Waals surface area contributed by atoms with Crippen molar-refractivity contribution in [3.05, 3.63) is 119 Å². The van der Waals surface area contributed by atoms with Crippen LogP contribution in [0.3, 0.4) is 0 Å². The molecule has 2 heterocycles. The lowest BCUT2D eigenvalue weighted by Crippen LogP contribution is -2.54. The number of benzene rings is 3. The lowest BCUT2D eigenvalue weighted by atomic mass is 9.71. The van der Waals surface area contributed by atoms with Crippen LogP contribution >= 0.6 is 0 Å². The molecule has 3 aromatic rings. The Morgan fingerprint density at radius 3 is 2.15 bits per heavy atom. The number of carbonyl (C=O) groups excluding carboxylic acids is 2. The molecule has 48 heavy (non-hydrogen) atoms. The van der Waals surface area contributed by atoms with E-state index < -0.39 is 0 Å². The van der Waals surface area contributed by atoms with Crippen LogP contribution < -0.4 is 10.2 Å². The highest BCUT2D eigenvalue weighted by atomic mass is 19.1. The van der Waals surface area contributed by atoms with E-state index in [1.165, 1.54) is 24.3 Å². The molecule has 0 spiro atoms. The van der Waals surface area contributed by atoms with E-state index >= 15 is 0 Å². The number of piperazine rings is 1. The summed E-state index contributed by atoms with van der Waals surface area (Å²) in [5.41, 5.74) is 5.44. The summed E-state index contributed by atoms with van der Waals surface area (Å²) >= 11 is 0. The third kappa shape index (κ3) is 6.55. The van der Waals surface area contributed by atoms with Crippen LogP contribution in [0.15, 0.2) is 96.2 Å². The zero-order valence-electron chi connectivity index (χ0n) is 27.8. The van der Waals surface area contributed by atoms with E-state index in [2.05, 4.69) is 53.2 Å². The van der Waals surface area contributed by atoms with Gasteiger partial charge in [0.15, 0.2) is 5.78 Å². The number of rotatable bonds is 6. The number of anilines is 2. The Bertz CT molecular complexity index is 1680. The molecule has 0 radical (unpaired) electrons. The molecule has 1 saturated heterocycles. The molecule has 250 valence electrons. The average molecular weight is 651 g/mol. The molecule has 8 heteroatoms. The summed E-state index contributed by atoms with van der Waals surface area (Å²) in [4.78, 5) is 34.8. The molecule has 1 fully saturated rings. The maximum absolute atomic E-state index is 14.3. The van der Waals surface area contributed by atoms with Gasteiger partial charge in [0, 0.05) is 43.9 Å². The number of Topliss-reactive ketones (excluding diaryl/α,β-unsaturated/α-hetero) is 1. The zero-order valence-corrected chi connectivity index (χ0v) is 27.8. The van der Waals surface area contributed by atoms with Crippen LogP contribution in [0.5, 0.6) is 0 Å². The Balaban J connectivity index is 1.16.